The molecule has 0 radical (unpaired) electrons. The number of ether oxygens (including phenoxy) is 1. The molecule has 1 heterocycles. The Morgan fingerprint density at radius 2 is 1.85 bits per heavy atom. The minimum atomic E-state index is -0.557. The SMILES string of the molecule is CC1=NC2=C(C(=O)CCC2)[C@H](c2ccc(N(C)C)cc2)C1C(=O)OC(C)C. The number of allylic oxidation sites excluding steroid dienone is 2. The molecule has 1 aliphatic carbocycles. The van der Waals surface area contributed by atoms with E-state index in [0.29, 0.717) is 12.0 Å². The summed E-state index contributed by atoms with van der Waals surface area (Å²) >= 11 is 0. The molecule has 0 amide bonds. The summed E-state index contributed by atoms with van der Waals surface area (Å²) in [7, 11) is 3.97. The molecule has 5 nitrogen and oxygen atoms in total. The predicted molar refractivity (Wildman–Crippen MR) is 107 cm³/mol. The molecule has 1 aromatic rings. The fraction of sp³-hybridized carbons (Fsp3) is 0.500. The van der Waals surface area contributed by atoms with E-state index in [9.17, 15) is 9.59 Å². The van der Waals surface area contributed by atoms with Gasteiger partial charge in [0.05, 0.1) is 6.10 Å². The Bertz CT molecular complexity index is 803. The van der Waals surface area contributed by atoms with Gasteiger partial charge in [-0.1, -0.05) is 12.1 Å². The van der Waals surface area contributed by atoms with E-state index in [2.05, 4.69) is 4.99 Å². The van der Waals surface area contributed by atoms with Gasteiger partial charge in [0.1, 0.15) is 5.92 Å². The fourth-order valence-corrected chi connectivity index (χ4v) is 3.96. The van der Waals surface area contributed by atoms with Crippen molar-refractivity contribution in [2.45, 2.75) is 52.1 Å². The molecular formula is C22H28N2O3. The Kier molecular flexibility index (Phi) is 5.49. The maximum atomic E-state index is 12.9. The number of nitrogens with zero attached hydrogens (tertiary/aromatic N) is 2. The zero-order chi connectivity index (χ0) is 19.7. The number of carbonyl (C=O) groups excluding carboxylic acids is 2. The van der Waals surface area contributed by atoms with Crippen LogP contribution in [0.5, 0.6) is 0 Å². The van der Waals surface area contributed by atoms with E-state index in [1.165, 1.54) is 0 Å². The minimum absolute atomic E-state index is 0.108. The summed E-state index contributed by atoms with van der Waals surface area (Å²) in [5.41, 5.74) is 4.32. The van der Waals surface area contributed by atoms with Crippen molar-refractivity contribution in [3.63, 3.8) is 0 Å². The van der Waals surface area contributed by atoms with Crippen molar-refractivity contribution in [3.8, 4) is 0 Å². The van der Waals surface area contributed by atoms with Crippen LogP contribution in [0.15, 0.2) is 40.5 Å². The molecule has 2 aliphatic rings. The number of aliphatic imine (C=N–C) groups is 1. The highest BCUT2D eigenvalue weighted by Gasteiger charge is 2.43. The summed E-state index contributed by atoms with van der Waals surface area (Å²) in [4.78, 5) is 32.4. The molecule has 1 aromatic carbocycles. The van der Waals surface area contributed by atoms with E-state index < -0.39 is 5.92 Å². The summed E-state index contributed by atoms with van der Waals surface area (Å²) < 4.78 is 5.53. The predicted octanol–water partition coefficient (Wildman–Crippen LogP) is 3.89. The molecule has 27 heavy (non-hydrogen) atoms. The number of hydrogen-bond acceptors (Lipinski definition) is 5. The van der Waals surface area contributed by atoms with E-state index in [0.717, 1.165) is 35.5 Å². The monoisotopic (exact) mass is 368 g/mol. The molecule has 2 atom stereocenters. The number of benzene rings is 1. The zero-order valence-corrected chi connectivity index (χ0v) is 16.8. The van der Waals surface area contributed by atoms with Gasteiger partial charge in [0.15, 0.2) is 5.78 Å². The van der Waals surface area contributed by atoms with Gasteiger partial charge in [0, 0.05) is 49.1 Å². The van der Waals surface area contributed by atoms with Gasteiger partial charge >= 0.3 is 5.97 Å². The molecular weight excluding hydrogens is 340 g/mol. The number of hydrogen-bond donors (Lipinski definition) is 0. The summed E-state index contributed by atoms with van der Waals surface area (Å²) in [6.07, 6.45) is 1.92. The van der Waals surface area contributed by atoms with Gasteiger partial charge in [-0.2, -0.15) is 0 Å². The second kappa shape index (κ2) is 7.67. The van der Waals surface area contributed by atoms with Crippen LogP contribution in [-0.4, -0.2) is 37.7 Å². The molecule has 0 bridgehead atoms. The first-order chi connectivity index (χ1) is 12.8. The highest BCUT2D eigenvalue weighted by Crippen LogP contribution is 2.43. The lowest BCUT2D eigenvalue weighted by Gasteiger charge is -2.35. The van der Waals surface area contributed by atoms with E-state index in [4.69, 9.17) is 4.74 Å². The van der Waals surface area contributed by atoms with Crippen molar-refractivity contribution in [2.24, 2.45) is 10.9 Å². The average Bonchev–Trinajstić information content (AvgIpc) is 2.60. The van der Waals surface area contributed by atoms with Crippen LogP contribution in [0.2, 0.25) is 0 Å². The molecule has 144 valence electrons. The van der Waals surface area contributed by atoms with E-state index in [1.807, 2.05) is 64.0 Å². The highest BCUT2D eigenvalue weighted by atomic mass is 16.5. The third kappa shape index (κ3) is 3.82. The van der Waals surface area contributed by atoms with E-state index in [1.54, 1.807) is 0 Å². The standard InChI is InChI=1S/C22H28N2O3/c1-13(2)27-22(26)19-14(3)23-17-7-6-8-18(25)21(17)20(19)15-9-11-16(12-10-15)24(4)5/h9-13,19-20H,6-8H2,1-5H3/t19?,20-/m1/s1. The van der Waals surface area contributed by atoms with Crippen LogP contribution >= 0.6 is 0 Å². The third-order valence-corrected chi connectivity index (χ3v) is 5.21. The van der Waals surface area contributed by atoms with Crippen LogP contribution in [-0.2, 0) is 14.3 Å². The third-order valence-electron chi connectivity index (χ3n) is 5.21. The van der Waals surface area contributed by atoms with E-state index in [-0.39, 0.29) is 23.8 Å². The number of carbonyl (C=O) groups is 2. The van der Waals surface area contributed by atoms with Crippen LogP contribution in [0, 0.1) is 5.92 Å². The van der Waals surface area contributed by atoms with Crippen molar-refractivity contribution < 1.29 is 14.3 Å². The molecule has 0 saturated heterocycles. The molecule has 0 saturated carbocycles. The van der Waals surface area contributed by atoms with E-state index >= 15 is 0 Å². The van der Waals surface area contributed by atoms with Gasteiger partial charge in [0.2, 0.25) is 0 Å². The van der Waals surface area contributed by atoms with Crippen molar-refractivity contribution in [3.05, 3.63) is 41.1 Å². The van der Waals surface area contributed by atoms with Crippen LogP contribution in [0.1, 0.15) is 51.5 Å². The van der Waals surface area contributed by atoms with Crippen LogP contribution in [0.4, 0.5) is 5.69 Å². The smallest absolute Gasteiger partial charge is 0.315 e. The number of ketones is 1. The number of Topliss-reactive ketones (excluding diaryl/α,β-unsaturated/α-hetero) is 1. The van der Waals surface area contributed by atoms with Crippen LogP contribution in [0.3, 0.4) is 0 Å². The molecule has 0 aromatic heterocycles. The Hall–Kier alpha value is -2.43. The Labute approximate surface area is 161 Å². The zero-order valence-electron chi connectivity index (χ0n) is 16.8. The normalized spacial score (nSPS) is 22.4. The quantitative estimate of drug-likeness (QED) is 0.757. The summed E-state index contributed by atoms with van der Waals surface area (Å²) in [6, 6.07) is 8.07. The van der Waals surface area contributed by atoms with Gasteiger partial charge < -0.3 is 9.64 Å². The maximum absolute atomic E-state index is 12.9. The number of anilines is 1. The maximum Gasteiger partial charge on any atom is 0.315 e. The Morgan fingerprint density at radius 3 is 2.44 bits per heavy atom. The van der Waals surface area contributed by atoms with Gasteiger partial charge in [-0.25, -0.2) is 0 Å². The van der Waals surface area contributed by atoms with Gasteiger partial charge in [0.25, 0.3) is 0 Å². The highest BCUT2D eigenvalue weighted by molar-refractivity contribution is 6.08. The molecule has 0 N–H and O–H groups in total. The van der Waals surface area contributed by atoms with Crippen molar-refractivity contribution in [1.29, 1.82) is 0 Å². The second-order valence-corrected chi connectivity index (χ2v) is 7.82. The summed E-state index contributed by atoms with van der Waals surface area (Å²) in [5, 5.41) is 0. The fourth-order valence-electron chi connectivity index (χ4n) is 3.96. The first-order valence-corrected chi connectivity index (χ1v) is 9.58. The minimum Gasteiger partial charge on any atom is -0.462 e. The van der Waals surface area contributed by atoms with Crippen molar-refractivity contribution >= 4 is 23.2 Å². The largest absolute Gasteiger partial charge is 0.462 e. The van der Waals surface area contributed by atoms with Gasteiger partial charge in [-0.05, 0) is 51.3 Å². The molecule has 1 unspecified atom stereocenters. The lowest BCUT2D eigenvalue weighted by atomic mass is 9.71. The van der Waals surface area contributed by atoms with Gasteiger partial charge in [-0.15, -0.1) is 0 Å². The molecule has 0 fully saturated rings. The number of esters is 1. The molecule has 3 rings (SSSR count). The van der Waals surface area contributed by atoms with Crippen molar-refractivity contribution in [1.82, 2.24) is 0 Å². The molecule has 1 aliphatic heterocycles. The Balaban J connectivity index is 2.09. The topological polar surface area (TPSA) is 59.0 Å². The summed E-state index contributed by atoms with van der Waals surface area (Å²) in [6.45, 7) is 5.55. The lowest BCUT2D eigenvalue weighted by Crippen LogP contribution is -2.38. The summed E-state index contributed by atoms with van der Waals surface area (Å²) in [5.74, 6) is -1.08. The van der Waals surface area contributed by atoms with Crippen LogP contribution in [0.25, 0.3) is 0 Å². The first kappa shape index (κ1) is 19.3. The number of rotatable bonds is 4. The van der Waals surface area contributed by atoms with Crippen molar-refractivity contribution in [2.75, 3.05) is 19.0 Å². The lowest BCUT2D eigenvalue weighted by molar-refractivity contribution is -0.150. The first-order valence-electron chi connectivity index (χ1n) is 9.58. The van der Waals surface area contributed by atoms with Gasteiger partial charge in [-0.3, -0.25) is 14.6 Å². The average molecular weight is 368 g/mol. The molecule has 5 heteroatoms. The Morgan fingerprint density at radius 1 is 1.19 bits per heavy atom. The van der Waals surface area contributed by atoms with Crippen LogP contribution < -0.4 is 4.90 Å². The molecule has 0 spiro atoms. The second-order valence-electron chi connectivity index (χ2n) is 7.82.